The Morgan fingerprint density at radius 3 is 2.90 bits per heavy atom. The fourth-order valence-electron chi connectivity index (χ4n) is 1.89. The molecule has 1 aromatic heterocycles. The monoisotopic (exact) mass is 324 g/mol. The number of hydrogen-bond donors (Lipinski definition) is 3. The highest BCUT2D eigenvalue weighted by Gasteiger charge is 2.58. The third-order valence-corrected chi connectivity index (χ3v) is 2.99. The minimum absolute atomic E-state index is 0.229. The highest BCUT2D eigenvalue weighted by molar-refractivity contribution is 6.30. The zero-order valence-corrected chi connectivity index (χ0v) is 10.8. The topological polar surface area (TPSA) is 105 Å². The van der Waals surface area contributed by atoms with E-state index in [0.717, 1.165) is 0 Å². The lowest BCUT2D eigenvalue weighted by Gasteiger charge is -2.23. The number of aromatic amines is 1. The van der Waals surface area contributed by atoms with Crippen molar-refractivity contribution >= 4 is 11.6 Å². The molecule has 2 rings (SSSR count). The third-order valence-electron chi connectivity index (χ3n) is 2.90. The van der Waals surface area contributed by atoms with E-state index < -0.39 is 47.7 Å². The quantitative estimate of drug-likeness (QED) is 0.595. The average molecular weight is 325 g/mol. The Balaban J connectivity index is 2.64. The van der Waals surface area contributed by atoms with Crippen molar-refractivity contribution in [1.29, 1.82) is 0 Å². The van der Waals surface area contributed by atoms with Gasteiger partial charge in [-0.25, -0.2) is 9.18 Å². The second kappa shape index (κ2) is 5.57. The van der Waals surface area contributed by atoms with Gasteiger partial charge in [0.05, 0.1) is 15.5 Å². The van der Waals surface area contributed by atoms with Crippen LogP contribution in [0.1, 0.15) is 8.97 Å². The van der Waals surface area contributed by atoms with E-state index in [1.165, 1.54) is 0 Å². The number of H-pyrrole nitrogens is 1. The molecule has 21 heavy (non-hydrogen) atoms. The van der Waals surface area contributed by atoms with Crippen LogP contribution in [0.2, 0.25) is 0 Å². The number of nitrogens with one attached hydrogen (secondary N) is 1. The summed E-state index contributed by atoms with van der Waals surface area (Å²) in [5.74, 6) is 0.245. The second-order valence-electron chi connectivity index (χ2n) is 4.11. The molecule has 4 atom stereocenters. The number of aromatic nitrogens is 2. The van der Waals surface area contributed by atoms with Gasteiger partial charge in [-0.05, 0) is 17.5 Å². The van der Waals surface area contributed by atoms with Crippen molar-refractivity contribution in [2.24, 2.45) is 0 Å². The van der Waals surface area contributed by atoms with Crippen LogP contribution in [0.15, 0.2) is 15.8 Å². The van der Waals surface area contributed by atoms with Crippen molar-refractivity contribution in [3.05, 3.63) is 32.9 Å². The zero-order chi connectivity index (χ0) is 17.6. The predicted octanol–water partition coefficient (Wildman–Crippen LogP) is -1.17. The first-order chi connectivity index (χ1) is 10.5. The predicted molar refractivity (Wildman–Crippen MR) is 65.8 cm³/mol. The van der Waals surface area contributed by atoms with Gasteiger partial charge in [0.15, 0.2) is 6.23 Å². The van der Waals surface area contributed by atoms with Gasteiger partial charge in [-0.2, -0.15) is 4.39 Å². The number of rotatable bonds is 2. The van der Waals surface area contributed by atoms with Crippen molar-refractivity contribution in [3.63, 3.8) is 0 Å². The fraction of sp³-hybridized carbons (Fsp3) is 0.455. The maximum absolute atomic E-state index is 15.0. The Labute approximate surface area is 123 Å². The first-order valence-electron chi connectivity index (χ1n) is 6.41. The molecule has 1 unspecified atom stereocenters. The van der Waals surface area contributed by atoms with Gasteiger partial charge in [-0.1, -0.05) is 0 Å². The van der Waals surface area contributed by atoms with Crippen molar-refractivity contribution in [2.75, 3.05) is 6.56 Å². The Hall–Kier alpha value is -1.73. The van der Waals surface area contributed by atoms with Gasteiger partial charge in [-0.15, -0.1) is 0 Å². The molecule has 1 saturated heterocycles. The van der Waals surface area contributed by atoms with Gasteiger partial charge in [0, 0.05) is 5.38 Å². The number of aliphatic hydroxyl groups is 2. The first-order valence-corrected chi connectivity index (χ1v) is 5.78. The Bertz CT molecular complexity index is 799. The van der Waals surface area contributed by atoms with Gasteiger partial charge in [0.1, 0.15) is 12.2 Å². The summed E-state index contributed by atoms with van der Waals surface area (Å²) in [7, 11) is 0. The smallest absolute Gasteiger partial charge is 0.330 e. The van der Waals surface area contributed by atoms with Crippen LogP contribution in [0.4, 0.5) is 8.78 Å². The summed E-state index contributed by atoms with van der Waals surface area (Å²) in [4.78, 5) is 24.3. The van der Waals surface area contributed by atoms with Crippen LogP contribution in [0, 0.1) is 17.1 Å². The van der Waals surface area contributed by atoms with E-state index in [-0.39, 0.29) is 4.57 Å². The van der Waals surface area contributed by atoms with E-state index in [1.54, 1.807) is 16.3 Å². The van der Waals surface area contributed by atoms with E-state index >= 15 is 0 Å². The molecule has 1 fully saturated rings. The summed E-state index contributed by atoms with van der Waals surface area (Å²) >= 11 is 5.10. The lowest BCUT2D eigenvalue weighted by atomic mass is 9.97. The van der Waals surface area contributed by atoms with Crippen LogP contribution in [0.3, 0.4) is 0 Å². The molecular formula is C11H9ClF2N2O5. The average Bonchev–Trinajstić information content (AvgIpc) is 2.67. The van der Waals surface area contributed by atoms with Crippen LogP contribution in [0.5, 0.6) is 0 Å². The molecule has 0 radical (unpaired) electrons. The Morgan fingerprint density at radius 2 is 2.33 bits per heavy atom. The summed E-state index contributed by atoms with van der Waals surface area (Å²) in [6, 6.07) is 0. The molecular weight excluding hydrogens is 314 g/mol. The van der Waals surface area contributed by atoms with Gasteiger partial charge >= 0.3 is 5.69 Å². The normalized spacial score (nSPS) is 33.9. The molecule has 0 spiro atoms. The van der Waals surface area contributed by atoms with Gasteiger partial charge in [0.25, 0.3) is 5.56 Å². The number of alkyl halides is 1. The summed E-state index contributed by atoms with van der Waals surface area (Å²) in [6.07, 6.45) is -6.38. The Morgan fingerprint density at radius 1 is 1.67 bits per heavy atom. The van der Waals surface area contributed by atoms with E-state index in [2.05, 4.69) is 0 Å². The molecule has 0 bridgehead atoms. The maximum atomic E-state index is 15.0. The molecule has 0 amide bonds. The van der Waals surface area contributed by atoms with Crippen molar-refractivity contribution in [1.82, 2.24) is 9.55 Å². The summed E-state index contributed by atoms with van der Waals surface area (Å²) in [6.45, 7) is -3.20. The summed E-state index contributed by atoms with van der Waals surface area (Å²) < 4.78 is 47.6. The van der Waals surface area contributed by atoms with Crippen LogP contribution in [0.25, 0.3) is 0 Å². The fourth-order valence-corrected chi connectivity index (χ4v) is 2.04. The van der Waals surface area contributed by atoms with E-state index in [1.807, 2.05) is 0 Å². The largest absolute Gasteiger partial charge is 0.394 e. The SMILES string of the molecule is [2H]C([2H])(O)[C@H]1O[C@@H](n2cc(F)c(=O)[nH]c2=O)[C@@](F)(C#CCl)C1O. The zero-order valence-electron chi connectivity index (χ0n) is 12.0. The van der Waals surface area contributed by atoms with E-state index in [9.17, 15) is 28.6 Å². The molecule has 3 N–H and O–H groups in total. The minimum Gasteiger partial charge on any atom is -0.394 e. The number of nitrogens with zero attached hydrogens (tertiary/aromatic N) is 1. The Kier molecular flexibility index (Phi) is 3.44. The van der Waals surface area contributed by atoms with Gasteiger partial charge < -0.3 is 14.9 Å². The molecule has 114 valence electrons. The molecule has 1 aliphatic heterocycles. The molecule has 2 heterocycles. The molecule has 0 aromatic carbocycles. The molecule has 0 aliphatic carbocycles. The molecule has 7 nitrogen and oxygen atoms in total. The highest BCUT2D eigenvalue weighted by atomic mass is 35.5. The molecule has 1 aromatic rings. The molecule has 1 aliphatic rings. The van der Waals surface area contributed by atoms with Crippen LogP contribution < -0.4 is 11.2 Å². The summed E-state index contributed by atoms with van der Waals surface area (Å²) in [5, 5.41) is 20.8. The number of aliphatic hydroxyl groups excluding tert-OH is 1. The van der Waals surface area contributed by atoms with Crippen molar-refractivity contribution < 1.29 is 26.5 Å². The standard InChI is InChI=1S/C11H9ClF2N2O5/c12-2-1-11(14)7(18)6(4-17)21-9(11)16-3-5(13)8(19)15-10(16)20/h3,6-7,9,17-18H,4H2,(H,15,19,20)/t6-,7?,9-,11-/m1/s1/i4D2. The number of halogens is 3. The van der Waals surface area contributed by atoms with Crippen molar-refractivity contribution in [3.8, 4) is 11.3 Å². The van der Waals surface area contributed by atoms with Crippen LogP contribution in [-0.4, -0.2) is 44.2 Å². The summed E-state index contributed by atoms with van der Waals surface area (Å²) in [5.41, 5.74) is -5.82. The second-order valence-corrected chi connectivity index (χ2v) is 4.30. The van der Waals surface area contributed by atoms with Crippen LogP contribution in [-0.2, 0) is 4.74 Å². The lowest BCUT2D eigenvalue weighted by Crippen LogP contribution is -2.45. The maximum Gasteiger partial charge on any atom is 0.330 e. The minimum atomic E-state index is -3.20. The highest BCUT2D eigenvalue weighted by Crippen LogP contribution is 2.40. The molecule has 10 heteroatoms. The lowest BCUT2D eigenvalue weighted by molar-refractivity contribution is -0.0547. The molecule has 0 saturated carbocycles. The number of ether oxygens (including phenoxy) is 1. The number of hydrogen-bond acceptors (Lipinski definition) is 5. The van der Waals surface area contributed by atoms with Gasteiger partial charge in [0.2, 0.25) is 11.5 Å². The third kappa shape index (κ3) is 2.47. The first kappa shape index (κ1) is 13.0. The van der Waals surface area contributed by atoms with E-state index in [4.69, 9.17) is 19.1 Å². The van der Waals surface area contributed by atoms with Crippen molar-refractivity contribution in [2.45, 2.75) is 24.1 Å². The van der Waals surface area contributed by atoms with Gasteiger partial charge in [-0.3, -0.25) is 14.3 Å². The van der Waals surface area contributed by atoms with Crippen LogP contribution >= 0.6 is 11.6 Å². The van der Waals surface area contributed by atoms with E-state index in [0.29, 0.717) is 6.20 Å².